The number of nitrogens with zero attached hydrogens (tertiary/aromatic N) is 4. The van der Waals surface area contributed by atoms with Crippen LogP contribution in [-0.2, 0) is 6.42 Å². The van der Waals surface area contributed by atoms with E-state index in [0.29, 0.717) is 16.5 Å². The maximum Gasteiger partial charge on any atom is 0.137 e. The van der Waals surface area contributed by atoms with E-state index in [0.717, 1.165) is 39.4 Å². The first-order chi connectivity index (χ1) is 14.7. The van der Waals surface area contributed by atoms with E-state index in [1.807, 2.05) is 77.3 Å². The maximum atomic E-state index is 6.06. The van der Waals surface area contributed by atoms with Crippen LogP contribution >= 0.6 is 23.2 Å². The molecule has 0 unspecified atom stereocenters. The molecule has 3 aromatic carbocycles. The summed E-state index contributed by atoms with van der Waals surface area (Å²) in [6.07, 6.45) is 0.609. The standard InChI is InChI=1S/C24H16Cl2N4/c25-19-10-6-16(7-11-19)14-23-27-21(17-4-2-1-3-5-17)15-22-24(28-29-30(22)23)18-8-12-20(26)13-9-18/h1-13,15H,14H2. The van der Waals surface area contributed by atoms with Crippen LogP contribution in [0.3, 0.4) is 0 Å². The number of rotatable bonds is 4. The van der Waals surface area contributed by atoms with E-state index in [-0.39, 0.29) is 0 Å². The van der Waals surface area contributed by atoms with Gasteiger partial charge in [0.2, 0.25) is 0 Å². The largest absolute Gasteiger partial charge is 0.232 e. The summed E-state index contributed by atoms with van der Waals surface area (Å²) < 4.78 is 1.81. The molecule has 2 heterocycles. The molecule has 0 radical (unpaired) electrons. The van der Waals surface area contributed by atoms with Gasteiger partial charge >= 0.3 is 0 Å². The maximum absolute atomic E-state index is 6.06. The van der Waals surface area contributed by atoms with Crippen LogP contribution in [0, 0.1) is 0 Å². The highest BCUT2D eigenvalue weighted by atomic mass is 35.5. The molecule has 0 fully saturated rings. The van der Waals surface area contributed by atoms with Crippen molar-refractivity contribution in [3.05, 3.63) is 106 Å². The van der Waals surface area contributed by atoms with Gasteiger partial charge in [-0.15, -0.1) is 5.10 Å². The molecule has 0 atom stereocenters. The zero-order chi connectivity index (χ0) is 20.5. The van der Waals surface area contributed by atoms with Gasteiger partial charge in [-0.25, -0.2) is 4.98 Å². The molecule has 5 rings (SSSR count). The normalized spacial score (nSPS) is 11.1. The summed E-state index contributed by atoms with van der Waals surface area (Å²) in [7, 11) is 0. The summed E-state index contributed by atoms with van der Waals surface area (Å²) >= 11 is 12.1. The average molecular weight is 431 g/mol. The van der Waals surface area contributed by atoms with Crippen LogP contribution in [0.25, 0.3) is 28.0 Å². The second-order valence-corrected chi connectivity index (χ2v) is 7.84. The first-order valence-corrected chi connectivity index (χ1v) is 10.2. The molecule has 0 bridgehead atoms. The van der Waals surface area contributed by atoms with Crippen LogP contribution < -0.4 is 0 Å². The van der Waals surface area contributed by atoms with Gasteiger partial charge in [0.05, 0.1) is 11.2 Å². The Labute approximate surface area is 183 Å². The molecule has 0 aliphatic heterocycles. The van der Waals surface area contributed by atoms with Crippen molar-refractivity contribution < 1.29 is 0 Å². The molecule has 0 saturated heterocycles. The number of benzene rings is 3. The molecule has 0 spiro atoms. The van der Waals surface area contributed by atoms with Gasteiger partial charge in [-0.1, -0.05) is 83.0 Å². The van der Waals surface area contributed by atoms with E-state index in [4.69, 9.17) is 28.2 Å². The van der Waals surface area contributed by atoms with Crippen LogP contribution in [-0.4, -0.2) is 19.8 Å². The van der Waals surface area contributed by atoms with Crippen LogP contribution in [0.15, 0.2) is 84.9 Å². The van der Waals surface area contributed by atoms with Crippen molar-refractivity contribution >= 4 is 28.7 Å². The van der Waals surface area contributed by atoms with Gasteiger partial charge in [0, 0.05) is 27.6 Å². The molecular formula is C24H16Cl2N4. The number of halogens is 2. The van der Waals surface area contributed by atoms with E-state index >= 15 is 0 Å². The first kappa shape index (κ1) is 18.8. The topological polar surface area (TPSA) is 43.1 Å². The fraction of sp³-hybridized carbons (Fsp3) is 0.0417. The molecule has 6 heteroatoms. The third-order valence-electron chi connectivity index (χ3n) is 4.94. The quantitative estimate of drug-likeness (QED) is 0.333. The summed E-state index contributed by atoms with van der Waals surface area (Å²) in [5.74, 6) is 0.807. The van der Waals surface area contributed by atoms with Crippen LogP contribution in [0.1, 0.15) is 11.4 Å². The molecule has 4 nitrogen and oxygen atoms in total. The number of fused-ring (bicyclic) bond motifs is 1. The summed E-state index contributed by atoms with van der Waals surface area (Å²) in [5, 5.41) is 10.3. The minimum absolute atomic E-state index is 0.609. The van der Waals surface area contributed by atoms with Gasteiger partial charge in [-0.05, 0) is 35.9 Å². The van der Waals surface area contributed by atoms with Gasteiger partial charge in [-0.2, -0.15) is 4.52 Å². The number of hydrogen-bond acceptors (Lipinski definition) is 3. The monoisotopic (exact) mass is 430 g/mol. The minimum Gasteiger partial charge on any atom is -0.232 e. The molecule has 2 aromatic heterocycles. The SMILES string of the molecule is Clc1ccc(Cc2nc(-c3ccccc3)cc3c(-c4ccc(Cl)cc4)nnn23)cc1. The Morgan fingerprint density at radius 1 is 0.733 bits per heavy atom. The van der Waals surface area contributed by atoms with E-state index in [1.165, 1.54) is 0 Å². The molecule has 0 aliphatic rings. The fourth-order valence-corrected chi connectivity index (χ4v) is 3.68. The van der Waals surface area contributed by atoms with Crippen molar-refractivity contribution in [1.29, 1.82) is 0 Å². The van der Waals surface area contributed by atoms with Gasteiger partial charge in [0.15, 0.2) is 0 Å². The van der Waals surface area contributed by atoms with Crippen molar-refractivity contribution in [3.63, 3.8) is 0 Å². The molecule has 5 aromatic rings. The lowest BCUT2D eigenvalue weighted by Gasteiger charge is -2.09. The van der Waals surface area contributed by atoms with Crippen molar-refractivity contribution in [3.8, 4) is 22.5 Å². The van der Waals surface area contributed by atoms with Gasteiger partial charge in [-0.3, -0.25) is 0 Å². The highest BCUT2D eigenvalue weighted by Gasteiger charge is 2.15. The predicted octanol–water partition coefficient (Wildman–Crippen LogP) is 6.36. The second kappa shape index (κ2) is 7.90. The van der Waals surface area contributed by atoms with Crippen LogP contribution in [0.5, 0.6) is 0 Å². The Hall–Kier alpha value is -3.21. The lowest BCUT2D eigenvalue weighted by Crippen LogP contribution is -2.05. The molecule has 0 aliphatic carbocycles. The lowest BCUT2D eigenvalue weighted by molar-refractivity contribution is 0.776. The van der Waals surface area contributed by atoms with Gasteiger partial charge in [0.25, 0.3) is 0 Å². The third-order valence-corrected chi connectivity index (χ3v) is 5.44. The van der Waals surface area contributed by atoms with E-state index in [1.54, 1.807) is 0 Å². The van der Waals surface area contributed by atoms with Gasteiger partial charge in [0.1, 0.15) is 11.5 Å². The Balaban J connectivity index is 1.69. The second-order valence-electron chi connectivity index (χ2n) is 6.97. The molecule has 0 amide bonds. The Bertz CT molecular complexity index is 1310. The molecule has 30 heavy (non-hydrogen) atoms. The smallest absolute Gasteiger partial charge is 0.137 e. The molecule has 146 valence electrons. The Morgan fingerprint density at radius 2 is 1.40 bits per heavy atom. The number of aromatic nitrogens is 4. The molecule has 0 N–H and O–H groups in total. The summed E-state index contributed by atoms with van der Waals surface area (Å²) in [5.41, 5.74) is 5.67. The van der Waals surface area contributed by atoms with Crippen molar-refractivity contribution in [2.75, 3.05) is 0 Å². The van der Waals surface area contributed by atoms with Crippen LogP contribution in [0.2, 0.25) is 10.0 Å². The fourth-order valence-electron chi connectivity index (χ4n) is 3.43. The zero-order valence-electron chi connectivity index (χ0n) is 15.8. The molecule has 0 saturated carbocycles. The van der Waals surface area contributed by atoms with Crippen molar-refractivity contribution in [1.82, 2.24) is 19.8 Å². The first-order valence-electron chi connectivity index (χ1n) is 9.48. The average Bonchev–Trinajstić information content (AvgIpc) is 3.21. The Kier molecular flexibility index (Phi) is 4.95. The van der Waals surface area contributed by atoms with Gasteiger partial charge < -0.3 is 0 Å². The summed E-state index contributed by atoms with van der Waals surface area (Å²) in [4.78, 5) is 4.92. The lowest BCUT2D eigenvalue weighted by atomic mass is 10.1. The number of hydrogen-bond donors (Lipinski definition) is 0. The summed E-state index contributed by atoms with van der Waals surface area (Å²) in [6, 6.07) is 27.5. The van der Waals surface area contributed by atoms with Crippen molar-refractivity contribution in [2.45, 2.75) is 6.42 Å². The Morgan fingerprint density at radius 3 is 2.10 bits per heavy atom. The van der Waals surface area contributed by atoms with Crippen LogP contribution in [0.4, 0.5) is 0 Å². The van der Waals surface area contributed by atoms with E-state index in [9.17, 15) is 0 Å². The minimum atomic E-state index is 0.609. The predicted molar refractivity (Wildman–Crippen MR) is 121 cm³/mol. The van der Waals surface area contributed by atoms with E-state index in [2.05, 4.69) is 22.4 Å². The van der Waals surface area contributed by atoms with E-state index < -0.39 is 0 Å². The highest BCUT2D eigenvalue weighted by molar-refractivity contribution is 6.30. The third kappa shape index (κ3) is 3.67. The highest BCUT2D eigenvalue weighted by Crippen LogP contribution is 2.28. The zero-order valence-corrected chi connectivity index (χ0v) is 17.3. The molecular weight excluding hydrogens is 415 g/mol. The summed E-state index contributed by atoms with van der Waals surface area (Å²) in [6.45, 7) is 0. The van der Waals surface area contributed by atoms with Crippen molar-refractivity contribution in [2.24, 2.45) is 0 Å².